The summed E-state index contributed by atoms with van der Waals surface area (Å²) in [5, 5.41) is 8.23. The molecule has 1 amide bonds. The van der Waals surface area contributed by atoms with Gasteiger partial charge in [-0.2, -0.15) is 5.10 Å². The minimum absolute atomic E-state index is 0.207. The van der Waals surface area contributed by atoms with Gasteiger partial charge in [0.2, 0.25) is 5.95 Å². The summed E-state index contributed by atoms with van der Waals surface area (Å²) in [6.45, 7) is 8.86. The van der Waals surface area contributed by atoms with Crippen molar-refractivity contribution in [2.24, 2.45) is 0 Å². The third-order valence-electron chi connectivity index (χ3n) is 4.82. The van der Waals surface area contributed by atoms with E-state index in [1.807, 2.05) is 46.5 Å². The second kappa shape index (κ2) is 7.07. The van der Waals surface area contributed by atoms with Crippen LogP contribution in [0.1, 0.15) is 49.3 Å². The Morgan fingerprint density at radius 2 is 2.00 bits per heavy atom. The van der Waals surface area contributed by atoms with Crippen LogP contribution in [-0.4, -0.2) is 30.2 Å². The van der Waals surface area contributed by atoms with Gasteiger partial charge in [-0.15, -0.1) is 0 Å². The van der Waals surface area contributed by atoms with E-state index in [0.29, 0.717) is 17.2 Å². The second-order valence-electron chi connectivity index (χ2n) is 7.25. The number of carbonyl (C=O) groups is 1. The Balaban J connectivity index is 1.72. The number of amides is 1. The molecule has 0 unspecified atom stereocenters. The zero-order valence-electron chi connectivity index (χ0n) is 16.6. The highest BCUT2D eigenvalue weighted by Gasteiger charge is 2.18. The maximum atomic E-state index is 13.0. The van der Waals surface area contributed by atoms with E-state index >= 15 is 0 Å². The Bertz CT molecular complexity index is 1170. The molecule has 7 nitrogen and oxygen atoms in total. The van der Waals surface area contributed by atoms with E-state index in [0.717, 1.165) is 35.0 Å². The Kier molecular flexibility index (Phi) is 4.58. The number of nitrogens with one attached hydrogen (secondary N) is 1. The summed E-state index contributed by atoms with van der Waals surface area (Å²) < 4.78 is 3.91. The van der Waals surface area contributed by atoms with Crippen LogP contribution in [-0.2, 0) is 6.54 Å². The summed E-state index contributed by atoms with van der Waals surface area (Å²) in [6.07, 6.45) is 2.70. The van der Waals surface area contributed by atoms with E-state index in [-0.39, 0.29) is 11.9 Å². The van der Waals surface area contributed by atoms with E-state index in [9.17, 15) is 4.79 Å². The zero-order chi connectivity index (χ0) is 19.8. The molecule has 0 aliphatic carbocycles. The number of aryl methyl sites for hydroxylation is 2. The summed E-state index contributed by atoms with van der Waals surface area (Å²) in [7, 11) is 0. The average molecular weight is 376 g/mol. The molecule has 0 radical (unpaired) electrons. The second-order valence-corrected chi connectivity index (χ2v) is 7.25. The van der Waals surface area contributed by atoms with Crippen LogP contribution in [0, 0.1) is 6.92 Å². The van der Waals surface area contributed by atoms with Crippen molar-refractivity contribution >= 4 is 33.9 Å². The van der Waals surface area contributed by atoms with E-state index in [1.165, 1.54) is 0 Å². The molecule has 0 saturated carbocycles. The van der Waals surface area contributed by atoms with E-state index in [1.54, 1.807) is 6.20 Å². The first-order chi connectivity index (χ1) is 13.5. The maximum absolute atomic E-state index is 13.0. The summed E-state index contributed by atoms with van der Waals surface area (Å²) in [5.74, 6) is 0.349. The molecule has 1 N–H and O–H groups in total. The fourth-order valence-electron chi connectivity index (χ4n) is 3.46. The van der Waals surface area contributed by atoms with Gasteiger partial charge in [0.05, 0.1) is 28.5 Å². The monoisotopic (exact) mass is 376 g/mol. The zero-order valence-corrected chi connectivity index (χ0v) is 16.6. The van der Waals surface area contributed by atoms with E-state index < -0.39 is 0 Å². The topological polar surface area (TPSA) is 77.6 Å². The van der Waals surface area contributed by atoms with Gasteiger partial charge in [0.1, 0.15) is 0 Å². The maximum Gasteiger partial charge on any atom is 0.259 e. The molecule has 144 valence electrons. The van der Waals surface area contributed by atoms with Crippen molar-refractivity contribution in [1.29, 1.82) is 0 Å². The Hall–Kier alpha value is -3.22. The molecule has 3 aromatic heterocycles. The Morgan fingerprint density at radius 1 is 1.21 bits per heavy atom. The van der Waals surface area contributed by atoms with Gasteiger partial charge in [-0.05, 0) is 45.4 Å². The summed E-state index contributed by atoms with van der Waals surface area (Å²) in [5.41, 5.74) is 3.89. The fourth-order valence-corrected chi connectivity index (χ4v) is 3.46. The third-order valence-corrected chi connectivity index (χ3v) is 4.82. The van der Waals surface area contributed by atoms with Crippen LogP contribution in [0.3, 0.4) is 0 Å². The first-order valence-electron chi connectivity index (χ1n) is 9.61. The van der Waals surface area contributed by atoms with Crippen LogP contribution >= 0.6 is 0 Å². The molecule has 0 atom stereocenters. The first kappa shape index (κ1) is 18.2. The molecule has 1 aromatic carbocycles. The molecule has 4 rings (SSSR count). The van der Waals surface area contributed by atoms with Crippen molar-refractivity contribution in [1.82, 2.24) is 24.3 Å². The average Bonchev–Trinajstić information content (AvgIpc) is 3.22. The van der Waals surface area contributed by atoms with Gasteiger partial charge in [-0.3, -0.25) is 10.1 Å². The summed E-state index contributed by atoms with van der Waals surface area (Å²) >= 11 is 0. The molecule has 0 spiro atoms. The molecule has 0 bridgehead atoms. The van der Waals surface area contributed by atoms with Gasteiger partial charge in [0, 0.05) is 18.0 Å². The number of pyridine rings is 1. The van der Waals surface area contributed by atoms with Crippen LogP contribution in [0.4, 0.5) is 5.95 Å². The SMILES string of the molecule is CCCn1c(NC(=O)c2cc3cnn(C(C)C)c3nc2C)nc2ccccc21. The fraction of sp³-hybridized carbons (Fsp3) is 0.333. The molecule has 4 aromatic rings. The number of hydrogen-bond acceptors (Lipinski definition) is 4. The van der Waals surface area contributed by atoms with Crippen LogP contribution < -0.4 is 5.32 Å². The van der Waals surface area contributed by atoms with Gasteiger partial charge < -0.3 is 4.57 Å². The van der Waals surface area contributed by atoms with E-state index in [2.05, 4.69) is 41.2 Å². The molecule has 0 fully saturated rings. The number of benzene rings is 1. The lowest BCUT2D eigenvalue weighted by atomic mass is 10.1. The van der Waals surface area contributed by atoms with E-state index in [4.69, 9.17) is 0 Å². The lowest BCUT2D eigenvalue weighted by Crippen LogP contribution is -2.18. The van der Waals surface area contributed by atoms with Crippen molar-refractivity contribution in [3.05, 3.63) is 47.8 Å². The lowest BCUT2D eigenvalue weighted by Gasteiger charge is -2.11. The number of fused-ring (bicyclic) bond motifs is 2. The smallest absolute Gasteiger partial charge is 0.259 e. The molecule has 3 heterocycles. The van der Waals surface area contributed by atoms with Crippen molar-refractivity contribution in [2.45, 2.75) is 46.7 Å². The number of rotatable bonds is 5. The van der Waals surface area contributed by atoms with Gasteiger partial charge >= 0.3 is 0 Å². The summed E-state index contributed by atoms with van der Waals surface area (Å²) in [4.78, 5) is 22.3. The van der Waals surface area contributed by atoms with Gasteiger partial charge in [-0.1, -0.05) is 19.1 Å². The number of anilines is 1. The lowest BCUT2D eigenvalue weighted by molar-refractivity contribution is 0.102. The number of imidazole rings is 1. The third kappa shape index (κ3) is 3.02. The standard InChI is InChI=1S/C21H24N6O/c1-5-10-26-18-9-7-6-8-17(18)24-21(26)25-20(28)16-11-15-12-22-27(13(2)3)19(15)23-14(16)4/h6-9,11-13H,5,10H2,1-4H3,(H,24,25,28). The molecular weight excluding hydrogens is 352 g/mol. The number of carbonyl (C=O) groups excluding carboxylic acids is 1. The predicted octanol–water partition coefficient (Wildman–Crippen LogP) is 4.33. The molecule has 0 saturated heterocycles. The highest BCUT2D eigenvalue weighted by molar-refractivity contribution is 6.06. The minimum Gasteiger partial charge on any atom is -0.310 e. The highest BCUT2D eigenvalue weighted by atomic mass is 16.1. The molecule has 0 aliphatic rings. The quantitative estimate of drug-likeness (QED) is 0.562. The minimum atomic E-state index is -0.211. The Morgan fingerprint density at radius 3 is 2.75 bits per heavy atom. The summed E-state index contributed by atoms with van der Waals surface area (Å²) in [6, 6.07) is 9.97. The van der Waals surface area contributed by atoms with Gasteiger partial charge in [0.15, 0.2) is 5.65 Å². The van der Waals surface area contributed by atoms with Gasteiger partial charge in [0.25, 0.3) is 5.91 Å². The largest absolute Gasteiger partial charge is 0.310 e. The van der Waals surface area contributed by atoms with Crippen LogP contribution in [0.2, 0.25) is 0 Å². The van der Waals surface area contributed by atoms with Crippen molar-refractivity contribution < 1.29 is 4.79 Å². The molecular formula is C21H24N6O. The molecule has 28 heavy (non-hydrogen) atoms. The molecule has 7 heteroatoms. The van der Waals surface area contributed by atoms with Crippen LogP contribution in [0.25, 0.3) is 22.1 Å². The number of aromatic nitrogens is 5. The first-order valence-corrected chi connectivity index (χ1v) is 9.61. The van der Waals surface area contributed by atoms with Crippen molar-refractivity contribution in [2.75, 3.05) is 5.32 Å². The normalized spacial score (nSPS) is 11.6. The van der Waals surface area contributed by atoms with Gasteiger partial charge in [-0.25, -0.2) is 14.6 Å². The Labute approximate surface area is 163 Å². The number of para-hydroxylation sites is 2. The van der Waals surface area contributed by atoms with Crippen LogP contribution in [0.15, 0.2) is 36.5 Å². The number of nitrogens with zero attached hydrogens (tertiary/aromatic N) is 5. The van der Waals surface area contributed by atoms with Crippen molar-refractivity contribution in [3.8, 4) is 0 Å². The molecule has 0 aliphatic heterocycles. The number of hydrogen-bond donors (Lipinski definition) is 1. The van der Waals surface area contributed by atoms with Crippen molar-refractivity contribution in [3.63, 3.8) is 0 Å². The van der Waals surface area contributed by atoms with Crippen LogP contribution in [0.5, 0.6) is 0 Å². The predicted molar refractivity (Wildman–Crippen MR) is 111 cm³/mol. The highest BCUT2D eigenvalue weighted by Crippen LogP contribution is 2.23.